The van der Waals surface area contributed by atoms with Crippen LogP contribution in [0, 0.1) is 5.41 Å². The number of benzene rings is 1. The summed E-state index contributed by atoms with van der Waals surface area (Å²) in [5.74, 6) is -0.935. The van der Waals surface area contributed by atoms with Crippen molar-refractivity contribution in [2.45, 2.75) is 63.2 Å². The third-order valence-electron chi connectivity index (χ3n) is 7.96. The predicted octanol–water partition coefficient (Wildman–Crippen LogP) is 2.91. The van der Waals surface area contributed by atoms with E-state index < -0.39 is 59.4 Å². The van der Waals surface area contributed by atoms with Gasteiger partial charge in [-0.2, -0.15) is 26.3 Å². The second-order valence-electron chi connectivity index (χ2n) is 10.7. The highest BCUT2D eigenvalue weighted by Crippen LogP contribution is 2.53. The van der Waals surface area contributed by atoms with Gasteiger partial charge < -0.3 is 30.2 Å². The molecule has 2 aliphatic heterocycles. The van der Waals surface area contributed by atoms with Crippen molar-refractivity contribution in [2.24, 2.45) is 5.41 Å². The number of piperazine rings is 1. The Morgan fingerprint density at radius 3 is 2.27 bits per heavy atom. The molecule has 2 heterocycles. The lowest BCUT2D eigenvalue weighted by Crippen LogP contribution is -2.59. The molecular weight excluding hydrogens is 550 g/mol. The average molecular weight is 581 g/mol. The molecule has 222 valence electrons. The normalized spacial score (nSPS) is 23.8. The number of β-amino-alcohol motifs (C(OH)–C–C–N with tert-alkyl or cyclic N) is 2. The first-order chi connectivity index (χ1) is 18.5. The highest BCUT2D eigenvalue weighted by Gasteiger charge is 2.52. The molecule has 3 N–H and O–H groups in total. The maximum absolute atomic E-state index is 13.2. The standard InChI is InChI=1S/C25H30F6N4O5/c1-14-21(39)34(12-16(36)11-20(38)33-7-6-23(4-5-23)19(37)13-33)8-9-35(14)22(40)32-15-2-3-17(24(26,27)28)18(10-15)25(29,30)31/h2-3,10,14,16,19,36-37H,4-9,11-13H2,1H3,(H,32,40)/t14-,16?,19+/m0/s1. The van der Waals surface area contributed by atoms with Crippen molar-refractivity contribution in [3.8, 4) is 0 Å². The molecule has 0 radical (unpaired) electrons. The third kappa shape index (κ3) is 6.29. The van der Waals surface area contributed by atoms with Crippen LogP contribution < -0.4 is 5.32 Å². The van der Waals surface area contributed by atoms with E-state index in [4.69, 9.17) is 0 Å². The number of anilines is 1. The number of rotatable bonds is 5. The van der Waals surface area contributed by atoms with Crippen LogP contribution in [0.15, 0.2) is 18.2 Å². The van der Waals surface area contributed by atoms with Crippen LogP contribution in [0.5, 0.6) is 0 Å². The van der Waals surface area contributed by atoms with Crippen LogP contribution in [-0.2, 0) is 21.9 Å². The Labute approximate surface area is 225 Å². The first kappa shape index (κ1) is 29.9. The number of piperidine rings is 1. The van der Waals surface area contributed by atoms with Crippen LogP contribution in [0.4, 0.5) is 36.8 Å². The van der Waals surface area contributed by atoms with E-state index in [1.54, 1.807) is 0 Å². The summed E-state index contributed by atoms with van der Waals surface area (Å²) in [4.78, 5) is 42.0. The van der Waals surface area contributed by atoms with E-state index in [1.807, 2.05) is 0 Å². The van der Waals surface area contributed by atoms with Crippen LogP contribution >= 0.6 is 0 Å². The maximum atomic E-state index is 13.2. The number of halogens is 6. The second-order valence-corrected chi connectivity index (χ2v) is 10.7. The molecule has 0 aromatic heterocycles. The van der Waals surface area contributed by atoms with Crippen LogP contribution in [-0.4, -0.2) is 93.7 Å². The number of likely N-dealkylation sites (tertiary alicyclic amines) is 1. The van der Waals surface area contributed by atoms with Crippen LogP contribution in [0.1, 0.15) is 43.7 Å². The van der Waals surface area contributed by atoms with E-state index in [9.17, 15) is 50.9 Å². The molecule has 3 atom stereocenters. The molecular formula is C25H30F6N4O5. The van der Waals surface area contributed by atoms with E-state index in [2.05, 4.69) is 5.32 Å². The molecule has 4 amide bonds. The Morgan fingerprint density at radius 1 is 1.05 bits per heavy atom. The van der Waals surface area contributed by atoms with Gasteiger partial charge in [-0.05, 0) is 49.8 Å². The minimum Gasteiger partial charge on any atom is -0.391 e. The molecule has 1 aromatic rings. The van der Waals surface area contributed by atoms with Crippen molar-refractivity contribution >= 4 is 23.5 Å². The number of aliphatic hydroxyl groups is 2. The highest BCUT2D eigenvalue weighted by molar-refractivity contribution is 5.94. The summed E-state index contributed by atoms with van der Waals surface area (Å²) in [7, 11) is 0. The summed E-state index contributed by atoms with van der Waals surface area (Å²) in [6.45, 7) is 1.72. The smallest absolute Gasteiger partial charge is 0.391 e. The number of carbonyl (C=O) groups is 3. The number of alkyl halides is 6. The third-order valence-corrected chi connectivity index (χ3v) is 7.96. The fourth-order valence-corrected chi connectivity index (χ4v) is 5.33. The number of nitrogens with one attached hydrogen (secondary N) is 1. The molecule has 40 heavy (non-hydrogen) atoms. The van der Waals surface area contributed by atoms with Crippen molar-refractivity contribution in [1.82, 2.24) is 14.7 Å². The van der Waals surface area contributed by atoms with Gasteiger partial charge in [0, 0.05) is 38.4 Å². The maximum Gasteiger partial charge on any atom is 0.417 e. The van der Waals surface area contributed by atoms with Gasteiger partial charge in [0.2, 0.25) is 11.8 Å². The zero-order valence-corrected chi connectivity index (χ0v) is 21.6. The molecule has 2 saturated heterocycles. The van der Waals surface area contributed by atoms with Gasteiger partial charge in [-0.25, -0.2) is 4.79 Å². The SMILES string of the molecule is C[C@H]1C(=O)N(CC(O)CC(=O)N2CCC3(CC3)[C@H](O)C2)CCN1C(=O)Nc1ccc(C(F)(F)F)c(C(F)(F)F)c1. The second kappa shape index (κ2) is 10.7. The van der Waals surface area contributed by atoms with Crippen LogP contribution in [0.3, 0.4) is 0 Å². The van der Waals surface area contributed by atoms with Crippen molar-refractivity contribution < 1.29 is 50.9 Å². The molecule has 1 saturated carbocycles. The number of nitrogens with zero attached hydrogens (tertiary/aromatic N) is 3. The quantitative estimate of drug-likeness (QED) is 0.464. The van der Waals surface area contributed by atoms with E-state index in [-0.39, 0.29) is 56.1 Å². The lowest BCUT2D eigenvalue weighted by molar-refractivity contribution is -0.162. The predicted molar refractivity (Wildman–Crippen MR) is 128 cm³/mol. The lowest BCUT2D eigenvalue weighted by Gasteiger charge is -2.40. The number of carbonyl (C=O) groups excluding carboxylic acids is 3. The van der Waals surface area contributed by atoms with Gasteiger partial charge in [0.05, 0.1) is 29.8 Å². The van der Waals surface area contributed by atoms with E-state index in [1.165, 1.54) is 16.7 Å². The molecule has 1 unspecified atom stereocenters. The van der Waals surface area contributed by atoms with E-state index >= 15 is 0 Å². The Bertz CT molecular complexity index is 1160. The van der Waals surface area contributed by atoms with Gasteiger partial charge in [0.15, 0.2) is 0 Å². The first-order valence-corrected chi connectivity index (χ1v) is 12.8. The van der Waals surface area contributed by atoms with Gasteiger partial charge >= 0.3 is 18.4 Å². The molecule has 3 fully saturated rings. The molecule has 1 aromatic carbocycles. The molecule has 4 rings (SSSR count). The summed E-state index contributed by atoms with van der Waals surface area (Å²) >= 11 is 0. The Morgan fingerprint density at radius 2 is 1.70 bits per heavy atom. The fourth-order valence-electron chi connectivity index (χ4n) is 5.33. The topological polar surface area (TPSA) is 113 Å². The average Bonchev–Trinajstić information content (AvgIpc) is 3.63. The van der Waals surface area contributed by atoms with Crippen LogP contribution in [0.2, 0.25) is 0 Å². The van der Waals surface area contributed by atoms with Crippen LogP contribution in [0.25, 0.3) is 0 Å². The van der Waals surface area contributed by atoms with Gasteiger partial charge in [-0.1, -0.05) is 0 Å². The molecule has 1 aliphatic carbocycles. The van der Waals surface area contributed by atoms with E-state index in [0.717, 1.165) is 17.7 Å². The van der Waals surface area contributed by atoms with Crippen molar-refractivity contribution in [1.29, 1.82) is 0 Å². The molecule has 0 bridgehead atoms. The summed E-state index contributed by atoms with van der Waals surface area (Å²) in [5.41, 5.74) is -4.47. The number of amides is 4. The van der Waals surface area contributed by atoms with Gasteiger partial charge in [0.25, 0.3) is 0 Å². The van der Waals surface area contributed by atoms with Crippen molar-refractivity contribution in [3.63, 3.8) is 0 Å². The Kier molecular flexibility index (Phi) is 8.02. The summed E-state index contributed by atoms with van der Waals surface area (Å²) < 4.78 is 78.7. The lowest BCUT2D eigenvalue weighted by atomic mass is 9.90. The summed E-state index contributed by atoms with van der Waals surface area (Å²) in [6.07, 6.45) is -10.1. The van der Waals surface area contributed by atoms with E-state index in [0.29, 0.717) is 19.0 Å². The van der Waals surface area contributed by atoms with Crippen molar-refractivity contribution in [2.75, 3.05) is 38.0 Å². The summed E-state index contributed by atoms with van der Waals surface area (Å²) in [6, 6.07) is -0.982. The van der Waals surface area contributed by atoms with Gasteiger partial charge in [0.1, 0.15) is 6.04 Å². The largest absolute Gasteiger partial charge is 0.417 e. The molecule has 1 spiro atoms. The minimum absolute atomic E-state index is 0.0480. The molecule has 9 nitrogen and oxygen atoms in total. The monoisotopic (exact) mass is 580 g/mol. The number of hydrogen-bond acceptors (Lipinski definition) is 5. The molecule has 3 aliphatic rings. The van der Waals surface area contributed by atoms with Gasteiger partial charge in [-0.15, -0.1) is 0 Å². The Hall–Kier alpha value is -3.07. The van der Waals surface area contributed by atoms with Gasteiger partial charge in [-0.3, -0.25) is 9.59 Å². The minimum atomic E-state index is -5.32. The number of aliphatic hydroxyl groups excluding tert-OH is 2. The van der Waals surface area contributed by atoms with Crippen molar-refractivity contribution in [3.05, 3.63) is 29.3 Å². The highest BCUT2D eigenvalue weighted by atomic mass is 19.4. The number of hydrogen-bond donors (Lipinski definition) is 3. The zero-order valence-electron chi connectivity index (χ0n) is 21.6. The fraction of sp³-hybridized carbons (Fsp3) is 0.640. The molecule has 15 heteroatoms. The zero-order chi connectivity index (χ0) is 29.6. The number of urea groups is 1. The summed E-state index contributed by atoms with van der Waals surface area (Å²) in [5, 5.41) is 22.9. The Balaban J connectivity index is 1.32. The first-order valence-electron chi connectivity index (χ1n) is 12.8.